The normalized spacial score (nSPS) is 11.0. The van der Waals surface area contributed by atoms with Crippen LogP contribution in [0.2, 0.25) is 0 Å². The van der Waals surface area contributed by atoms with Crippen LogP contribution in [-0.4, -0.2) is 35.2 Å². The van der Waals surface area contributed by atoms with Crippen molar-refractivity contribution >= 4 is 16.9 Å². The van der Waals surface area contributed by atoms with Gasteiger partial charge in [-0.25, -0.2) is 4.98 Å². The van der Waals surface area contributed by atoms with Gasteiger partial charge in [-0.05, 0) is 38.8 Å². The first-order valence-corrected chi connectivity index (χ1v) is 9.09. The molecule has 1 amide bonds. The number of aromatic nitrogens is 2. The van der Waals surface area contributed by atoms with Crippen molar-refractivity contribution < 1.29 is 9.53 Å². The summed E-state index contributed by atoms with van der Waals surface area (Å²) in [7, 11) is 0. The van der Waals surface area contributed by atoms with E-state index in [0.29, 0.717) is 18.7 Å². The second-order valence-electron chi connectivity index (χ2n) is 6.21. The molecule has 0 spiro atoms. The Bertz CT molecular complexity index is 706. The molecule has 0 saturated carbocycles. The van der Waals surface area contributed by atoms with Gasteiger partial charge in [-0.15, -0.1) is 0 Å². The molecule has 0 aliphatic rings. The molecule has 0 radical (unpaired) electrons. The van der Waals surface area contributed by atoms with Crippen molar-refractivity contribution in [1.82, 2.24) is 14.9 Å². The zero-order chi connectivity index (χ0) is 18.1. The third kappa shape index (κ3) is 5.71. The molecule has 1 heterocycles. The van der Waals surface area contributed by atoms with Crippen molar-refractivity contribution in [2.24, 2.45) is 0 Å². The molecule has 5 nitrogen and oxygen atoms in total. The number of benzene rings is 1. The van der Waals surface area contributed by atoms with Gasteiger partial charge < -0.3 is 14.6 Å². The Morgan fingerprint density at radius 2 is 2.08 bits per heavy atom. The summed E-state index contributed by atoms with van der Waals surface area (Å²) in [6, 6.07) is 8.25. The topological polar surface area (TPSA) is 56.2 Å². The standard InChI is InChI=1S/C20H29N3O2/c1-4-25-15-14-23-18-11-8-7-10-17(18)22-19(23)12-6-5-9-13-21-20(24)16(2)3/h7-8,10-11H,2,4-6,9,12-15H2,1,3H3,(H,21,24). The predicted molar refractivity (Wildman–Crippen MR) is 102 cm³/mol. The van der Waals surface area contributed by atoms with Crippen LogP contribution >= 0.6 is 0 Å². The highest BCUT2D eigenvalue weighted by Crippen LogP contribution is 2.17. The van der Waals surface area contributed by atoms with Crippen LogP contribution in [0.25, 0.3) is 11.0 Å². The second-order valence-corrected chi connectivity index (χ2v) is 6.21. The fourth-order valence-corrected chi connectivity index (χ4v) is 2.80. The predicted octanol–water partition coefficient (Wildman–Crippen LogP) is 3.48. The molecule has 136 valence electrons. The Hall–Kier alpha value is -2.14. The maximum atomic E-state index is 11.4. The number of rotatable bonds is 11. The summed E-state index contributed by atoms with van der Waals surface area (Å²) in [6.45, 7) is 10.3. The van der Waals surface area contributed by atoms with E-state index in [2.05, 4.69) is 34.7 Å². The quantitative estimate of drug-likeness (QED) is 0.502. The summed E-state index contributed by atoms with van der Waals surface area (Å²) in [5.74, 6) is 1.06. The first kappa shape index (κ1) is 19.2. The van der Waals surface area contributed by atoms with E-state index in [1.165, 1.54) is 5.52 Å². The molecule has 1 aromatic carbocycles. The van der Waals surface area contributed by atoms with Crippen molar-refractivity contribution in [2.45, 2.75) is 46.1 Å². The van der Waals surface area contributed by atoms with E-state index in [1.54, 1.807) is 6.92 Å². The number of para-hydroxylation sites is 2. The van der Waals surface area contributed by atoms with Gasteiger partial charge in [-0.2, -0.15) is 0 Å². The summed E-state index contributed by atoms with van der Waals surface area (Å²) in [5, 5.41) is 2.87. The average molecular weight is 343 g/mol. The lowest BCUT2D eigenvalue weighted by molar-refractivity contribution is -0.117. The fourth-order valence-electron chi connectivity index (χ4n) is 2.80. The van der Waals surface area contributed by atoms with E-state index >= 15 is 0 Å². The third-order valence-corrected chi connectivity index (χ3v) is 4.15. The number of nitrogens with zero attached hydrogens (tertiary/aromatic N) is 2. The molecule has 0 unspecified atom stereocenters. The van der Waals surface area contributed by atoms with Gasteiger partial charge in [-0.1, -0.05) is 25.1 Å². The van der Waals surface area contributed by atoms with Gasteiger partial charge in [0.05, 0.1) is 17.6 Å². The minimum Gasteiger partial charge on any atom is -0.380 e. The number of hydrogen-bond donors (Lipinski definition) is 1. The third-order valence-electron chi connectivity index (χ3n) is 4.15. The highest BCUT2D eigenvalue weighted by Gasteiger charge is 2.10. The number of carbonyl (C=O) groups excluding carboxylic acids is 1. The van der Waals surface area contributed by atoms with Crippen LogP contribution in [0.3, 0.4) is 0 Å². The van der Waals surface area contributed by atoms with Crippen LogP contribution < -0.4 is 5.32 Å². The van der Waals surface area contributed by atoms with Gasteiger partial charge in [0, 0.05) is 31.7 Å². The first-order valence-electron chi connectivity index (χ1n) is 9.09. The molecule has 0 fully saturated rings. The number of hydrogen-bond acceptors (Lipinski definition) is 3. The van der Waals surface area contributed by atoms with Crippen molar-refractivity contribution in [3.63, 3.8) is 0 Å². The smallest absolute Gasteiger partial charge is 0.246 e. The van der Waals surface area contributed by atoms with Gasteiger partial charge in [0.15, 0.2) is 0 Å². The van der Waals surface area contributed by atoms with Crippen LogP contribution in [-0.2, 0) is 22.5 Å². The molecular formula is C20H29N3O2. The van der Waals surface area contributed by atoms with Crippen molar-refractivity contribution in [3.05, 3.63) is 42.2 Å². The van der Waals surface area contributed by atoms with Gasteiger partial charge in [0.1, 0.15) is 5.82 Å². The number of ether oxygens (including phenoxy) is 1. The number of amides is 1. The lowest BCUT2D eigenvalue weighted by Crippen LogP contribution is -2.24. The summed E-state index contributed by atoms with van der Waals surface area (Å²) in [5.41, 5.74) is 2.77. The summed E-state index contributed by atoms with van der Waals surface area (Å²) in [6.07, 6.45) is 4.03. The molecule has 5 heteroatoms. The number of imidazole rings is 1. The van der Waals surface area contributed by atoms with Crippen molar-refractivity contribution in [3.8, 4) is 0 Å². The Kier molecular flexibility index (Phi) is 7.67. The van der Waals surface area contributed by atoms with Gasteiger partial charge in [-0.3, -0.25) is 4.79 Å². The molecule has 1 aromatic heterocycles. The Balaban J connectivity index is 1.86. The van der Waals surface area contributed by atoms with E-state index < -0.39 is 0 Å². The molecule has 0 atom stereocenters. The lowest BCUT2D eigenvalue weighted by Gasteiger charge is -2.09. The maximum Gasteiger partial charge on any atom is 0.246 e. The molecule has 25 heavy (non-hydrogen) atoms. The molecule has 2 rings (SSSR count). The Morgan fingerprint density at radius 1 is 1.28 bits per heavy atom. The number of unbranched alkanes of at least 4 members (excludes halogenated alkanes) is 2. The van der Waals surface area contributed by atoms with Crippen LogP contribution in [0.4, 0.5) is 0 Å². The van der Waals surface area contributed by atoms with E-state index in [4.69, 9.17) is 9.72 Å². The molecule has 0 saturated heterocycles. The number of fused-ring (bicyclic) bond motifs is 1. The highest BCUT2D eigenvalue weighted by atomic mass is 16.5. The fraction of sp³-hybridized carbons (Fsp3) is 0.500. The molecule has 0 bridgehead atoms. The van der Waals surface area contributed by atoms with Gasteiger partial charge in [0.25, 0.3) is 0 Å². The number of nitrogens with one attached hydrogen (secondary N) is 1. The molecule has 2 aromatic rings. The highest BCUT2D eigenvalue weighted by molar-refractivity contribution is 5.92. The molecular weight excluding hydrogens is 314 g/mol. The zero-order valence-electron chi connectivity index (χ0n) is 15.4. The number of carbonyl (C=O) groups is 1. The van der Waals surface area contributed by atoms with Crippen LogP contribution in [0.15, 0.2) is 36.4 Å². The summed E-state index contributed by atoms with van der Waals surface area (Å²) < 4.78 is 7.79. The first-order chi connectivity index (χ1) is 12.1. The molecule has 0 aliphatic carbocycles. The van der Waals surface area contributed by atoms with E-state index in [0.717, 1.165) is 50.2 Å². The lowest BCUT2D eigenvalue weighted by atomic mass is 10.2. The SMILES string of the molecule is C=C(C)C(=O)NCCCCCc1nc2ccccc2n1CCOCC. The second kappa shape index (κ2) is 9.99. The Morgan fingerprint density at radius 3 is 2.84 bits per heavy atom. The van der Waals surface area contributed by atoms with E-state index in [-0.39, 0.29) is 5.91 Å². The van der Waals surface area contributed by atoms with E-state index in [9.17, 15) is 4.79 Å². The largest absolute Gasteiger partial charge is 0.380 e. The van der Waals surface area contributed by atoms with Crippen LogP contribution in [0.5, 0.6) is 0 Å². The number of aryl methyl sites for hydroxylation is 1. The van der Waals surface area contributed by atoms with Crippen LogP contribution in [0, 0.1) is 0 Å². The molecule has 1 N–H and O–H groups in total. The molecule has 0 aliphatic heterocycles. The zero-order valence-corrected chi connectivity index (χ0v) is 15.4. The maximum absolute atomic E-state index is 11.4. The van der Waals surface area contributed by atoms with Crippen molar-refractivity contribution in [1.29, 1.82) is 0 Å². The van der Waals surface area contributed by atoms with Gasteiger partial charge >= 0.3 is 0 Å². The van der Waals surface area contributed by atoms with Crippen LogP contribution in [0.1, 0.15) is 38.9 Å². The minimum atomic E-state index is -0.0577. The van der Waals surface area contributed by atoms with Crippen molar-refractivity contribution in [2.75, 3.05) is 19.8 Å². The Labute approximate surface area is 150 Å². The summed E-state index contributed by atoms with van der Waals surface area (Å²) in [4.78, 5) is 16.2. The average Bonchev–Trinajstić information content (AvgIpc) is 2.95. The van der Waals surface area contributed by atoms with Gasteiger partial charge in [0.2, 0.25) is 5.91 Å². The van der Waals surface area contributed by atoms with E-state index in [1.807, 2.05) is 13.0 Å². The minimum absolute atomic E-state index is 0.0577. The monoisotopic (exact) mass is 343 g/mol. The summed E-state index contributed by atoms with van der Waals surface area (Å²) >= 11 is 0.